The van der Waals surface area contributed by atoms with Gasteiger partial charge in [0.1, 0.15) is 0 Å². The molecule has 1 aliphatic carbocycles. The highest BCUT2D eigenvalue weighted by atomic mass is 32.2. The fourth-order valence-electron chi connectivity index (χ4n) is 3.30. The molecular weight excluding hydrogens is 350 g/mol. The van der Waals surface area contributed by atoms with Crippen LogP contribution in [0.1, 0.15) is 17.7 Å². The number of fused-ring (bicyclic) bond motifs is 2. The number of sulfonamides is 1. The van der Waals surface area contributed by atoms with Crippen LogP contribution in [-0.4, -0.2) is 24.7 Å². The maximum Gasteiger partial charge on any atom is 0.267 e. The lowest BCUT2D eigenvalue weighted by molar-refractivity contribution is 0.542. The number of nitrogens with one attached hydrogen (secondary N) is 1. The van der Waals surface area contributed by atoms with Crippen LogP contribution in [0.5, 0.6) is 0 Å². The van der Waals surface area contributed by atoms with Crippen LogP contribution in [0.15, 0.2) is 58.2 Å². The Morgan fingerprint density at radius 3 is 2.69 bits per heavy atom. The molecule has 2 aromatic carbocycles. The molecule has 134 valence electrons. The van der Waals surface area contributed by atoms with Gasteiger partial charge in [0, 0.05) is 12.6 Å². The number of aryl methyl sites for hydroxylation is 2. The van der Waals surface area contributed by atoms with E-state index in [2.05, 4.69) is 9.82 Å². The molecule has 26 heavy (non-hydrogen) atoms. The van der Waals surface area contributed by atoms with Crippen molar-refractivity contribution in [1.29, 1.82) is 0 Å². The summed E-state index contributed by atoms with van der Waals surface area (Å²) in [7, 11) is -3.64. The van der Waals surface area contributed by atoms with Gasteiger partial charge in [0.25, 0.3) is 5.56 Å². The van der Waals surface area contributed by atoms with E-state index >= 15 is 0 Å². The zero-order valence-electron chi connectivity index (χ0n) is 14.2. The summed E-state index contributed by atoms with van der Waals surface area (Å²) in [6, 6.07) is 14.2. The van der Waals surface area contributed by atoms with E-state index < -0.39 is 10.0 Å². The molecule has 0 saturated heterocycles. The molecule has 1 N–H and O–H groups in total. The Labute approximate surface area is 151 Å². The molecule has 1 heterocycles. The minimum Gasteiger partial charge on any atom is -0.268 e. The molecule has 0 unspecified atom stereocenters. The number of rotatable bonds is 5. The van der Waals surface area contributed by atoms with E-state index in [1.165, 1.54) is 4.68 Å². The normalized spacial score (nSPS) is 13.8. The van der Waals surface area contributed by atoms with Crippen LogP contribution < -0.4 is 10.3 Å². The maximum absolute atomic E-state index is 12.5. The molecule has 1 aromatic heterocycles. The number of hydrogen-bond acceptors (Lipinski definition) is 4. The van der Waals surface area contributed by atoms with Crippen LogP contribution in [0.2, 0.25) is 0 Å². The fourth-order valence-corrected chi connectivity index (χ4v) is 4.36. The van der Waals surface area contributed by atoms with Gasteiger partial charge in [0.2, 0.25) is 10.0 Å². The first kappa shape index (κ1) is 16.9. The molecule has 1 aliphatic rings. The van der Waals surface area contributed by atoms with Crippen LogP contribution in [-0.2, 0) is 29.4 Å². The molecule has 0 bridgehead atoms. The molecule has 0 saturated carbocycles. The van der Waals surface area contributed by atoms with Gasteiger partial charge in [0.15, 0.2) is 0 Å². The Balaban J connectivity index is 1.49. The largest absolute Gasteiger partial charge is 0.268 e. The average Bonchev–Trinajstić information content (AvgIpc) is 3.08. The van der Waals surface area contributed by atoms with Crippen molar-refractivity contribution in [3.8, 4) is 0 Å². The number of nitrogens with zero attached hydrogens (tertiary/aromatic N) is 2. The summed E-state index contributed by atoms with van der Waals surface area (Å²) in [4.78, 5) is 12.3. The quantitative estimate of drug-likeness (QED) is 0.744. The van der Waals surface area contributed by atoms with Gasteiger partial charge in [-0.05, 0) is 47.7 Å². The second-order valence-electron chi connectivity index (χ2n) is 6.44. The topological polar surface area (TPSA) is 81.1 Å². The Morgan fingerprint density at radius 1 is 1.04 bits per heavy atom. The number of aromatic nitrogens is 2. The first-order valence-electron chi connectivity index (χ1n) is 8.61. The molecule has 0 spiro atoms. The van der Waals surface area contributed by atoms with Crippen molar-refractivity contribution in [2.75, 3.05) is 6.54 Å². The summed E-state index contributed by atoms with van der Waals surface area (Å²) in [6.45, 7) is 0.319. The number of hydrogen-bond donors (Lipinski definition) is 1. The van der Waals surface area contributed by atoms with Crippen molar-refractivity contribution in [3.05, 3.63) is 70.1 Å². The Morgan fingerprint density at radius 2 is 1.85 bits per heavy atom. The highest BCUT2D eigenvalue weighted by Crippen LogP contribution is 2.19. The summed E-state index contributed by atoms with van der Waals surface area (Å²) < 4.78 is 28.9. The molecule has 4 rings (SSSR count). The SMILES string of the molecule is O=c1cc2c(nn1CCNS(=O)(=O)c1ccc3ccccc3c1)CCC2. The molecule has 6 nitrogen and oxygen atoms in total. The lowest BCUT2D eigenvalue weighted by Crippen LogP contribution is -2.32. The van der Waals surface area contributed by atoms with E-state index in [1.807, 2.05) is 24.3 Å². The van der Waals surface area contributed by atoms with Crippen LogP contribution in [0.4, 0.5) is 0 Å². The fraction of sp³-hybridized carbons (Fsp3) is 0.263. The first-order chi connectivity index (χ1) is 12.5. The van der Waals surface area contributed by atoms with Crippen molar-refractivity contribution in [1.82, 2.24) is 14.5 Å². The third-order valence-corrected chi connectivity index (χ3v) is 6.13. The predicted octanol–water partition coefficient (Wildman–Crippen LogP) is 1.86. The molecule has 0 fully saturated rings. The molecule has 0 amide bonds. The zero-order chi connectivity index (χ0) is 18.1. The Hall–Kier alpha value is -2.51. The van der Waals surface area contributed by atoms with Gasteiger partial charge in [-0.25, -0.2) is 17.8 Å². The monoisotopic (exact) mass is 369 g/mol. The zero-order valence-corrected chi connectivity index (χ0v) is 15.0. The predicted molar refractivity (Wildman–Crippen MR) is 99.7 cm³/mol. The summed E-state index contributed by atoms with van der Waals surface area (Å²) in [6.07, 6.45) is 2.78. The third-order valence-electron chi connectivity index (χ3n) is 4.67. The van der Waals surface area contributed by atoms with E-state index in [0.717, 1.165) is 41.3 Å². The lowest BCUT2D eigenvalue weighted by atomic mass is 10.1. The van der Waals surface area contributed by atoms with E-state index in [4.69, 9.17) is 0 Å². The van der Waals surface area contributed by atoms with Gasteiger partial charge >= 0.3 is 0 Å². The van der Waals surface area contributed by atoms with Crippen LogP contribution in [0, 0.1) is 0 Å². The summed E-state index contributed by atoms with van der Waals surface area (Å²) in [5, 5.41) is 6.21. The van der Waals surface area contributed by atoms with Gasteiger partial charge in [-0.1, -0.05) is 30.3 Å². The van der Waals surface area contributed by atoms with Crippen molar-refractivity contribution in [2.24, 2.45) is 0 Å². The smallest absolute Gasteiger partial charge is 0.267 e. The second kappa shape index (κ2) is 6.66. The van der Waals surface area contributed by atoms with Crippen LogP contribution in [0.3, 0.4) is 0 Å². The first-order valence-corrected chi connectivity index (χ1v) is 10.1. The highest BCUT2D eigenvalue weighted by Gasteiger charge is 2.16. The van der Waals surface area contributed by atoms with Crippen molar-refractivity contribution >= 4 is 20.8 Å². The standard InChI is InChI=1S/C19H19N3O3S/c23-19-13-16-6-3-7-18(16)21-22(19)11-10-20-26(24,25)17-9-8-14-4-1-2-5-15(14)12-17/h1-2,4-5,8-9,12-13,20H,3,6-7,10-11H2. The van der Waals surface area contributed by atoms with Gasteiger partial charge < -0.3 is 0 Å². The van der Waals surface area contributed by atoms with Gasteiger partial charge in [-0.3, -0.25) is 4.79 Å². The molecule has 0 radical (unpaired) electrons. The van der Waals surface area contributed by atoms with E-state index in [-0.39, 0.29) is 23.5 Å². The van der Waals surface area contributed by atoms with Gasteiger partial charge in [0.05, 0.1) is 17.1 Å². The molecule has 3 aromatic rings. The molecular formula is C19H19N3O3S. The molecule has 0 atom stereocenters. The van der Waals surface area contributed by atoms with Crippen LogP contribution >= 0.6 is 0 Å². The molecule has 0 aliphatic heterocycles. The number of benzene rings is 2. The second-order valence-corrected chi connectivity index (χ2v) is 8.20. The maximum atomic E-state index is 12.5. The van der Waals surface area contributed by atoms with Gasteiger partial charge in [-0.15, -0.1) is 0 Å². The van der Waals surface area contributed by atoms with Gasteiger partial charge in [-0.2, -0.15) is 5.10 Å². The summed E-state index contributed by atoms with van der Waals surface area (Å²) >= 11 is 0. The Kier molecular flexibility index (Phi) is 4.34. The summed E-state index contributed by atoms with van der Waals surface area (Å²) in [5.74, 6) is 0. The highest BCUT2D eigenvalue weighted by molar-refractivity contribution is 7.89. The minimum absolute atomic E-state index is 0.112. The summed E-state index contributed by atoms with van der Waals surface area (Å²) in [5.41, 5.74) is 1.78. The van der Waals surface area contributed by atoms with Crippen LogP contribution in [0.25, 0.3) is 10.8 Å². The van der Waals surface area contributed by atoms with E-state index in [0.29, 0.717) is 0 Å². The van der Waals surface area contributed by atoms with E-state index in [9.17, 15) is 13.2 Å². The third kappa shape index (κ3) is 3.27. The van der Waals surface area contributed by atoms with Crippen molar-refractivity contribution in [3.63, 3.8) is 0 Å². The lowest BCUT2D eigenvalue weighted by Gasteiger charge is -2.10. The van der Waals surface area contributed by atoms with E-state index in [1.54, 1.807) is 24.3 Å². The average molecular weight is 369 g/mol. The van der Waals surface area contributed by atoms with Crippen molar-refractivity contribution in [2.45, 2.75) is 30.7 Å². The van der Waals surface area contributed by atoms with Crippen molar-refractivity contribution < 1.29 is 8.42 Å². The molecule has 7 heteroatoms. The Bertz CT molecular complexity index is 1140. The minimum atomic E-state index is -3.64.